The van der Waals surface area contributed by atoms with Crippen LogP contribution >= 0.6 is 15.9 Å². The van der Waals surface area contributed by atoms with Crippen molar-refractivity contribution < 1.29 is 12.8 Å². The van der Waals surface area contributed by atoms with Gasteiger partial charge >= 0.3 is 0 Å². The van der Waals surface area contributed by atoms with Crippen LogP contribution in [0.25, 0.3) is 0 Å². The first-order valence-electron chi connectivity index (χ1n) is 6.15. The lowest BCUT2D eigenvalue weighted by Gasteiger charge is -2.10. The van der Waals surface area contributed by atoms with E-state index in [0.29, 0.717) is 5.56 Å². The molecule has 3 N–H and O–H groups in total. The summed E-state index contributed by atoms with van der Waals surface area (Å²) < 4.78 is 41.3. The predicted octanol–water partition coefficient (Wildman–Crippen LogP) is 2.53. The molecule has 0 saturated carbocycles. The highest BCUT2D eigenvalue weighted by Crippen LogP contribution is 2.19. The summed E-state index contributed by atoms with van der Waals surface area (Å²) in [4.78, 5) is -0.391. The van der Waals surface area contributed by atoms with Crippen molar-refractivity contribution in [2.24, 2.45) is 5.73 Å². The van der Waals surface area contributed by atoms with Gasteiger partial charge in [-0.3, -0.25) is 0 Å². The van der Waals surface area contributed by atoms with E-state index in [1.165, 1.54) is 12.1 Å². The van der Waals surface area contributed by atoms with E-state index >= 15 is 0 Å². The molecule has 112 valence electrons. The third-order valence-corrected chi connectivity index (χ3v) is 5.12. The lowest BCUT2D eigenvalue weighted by atomic mass is 10.2. The monoisotopic (exact) mass is 372 g/mol. The van der Waals surface area contributed by atoms with Gasteiger partial charge < -0.3 is 5.73 Å². The average Bonchev–Trinajstić information content (AvgIpc) is 2.47. The van der Waals surface area contributed by atoms with E-state index in [-0.39, 0.29) is 13.1 Å². The number of nitrogens with two attached hydrogens (primary N) is 1. The van der Waals surface area contributed by atoms with E-state index in [0.717, 1.165) is 16.1 Å². The van der Waals surface area contributed by atoms with Crippen molar-refractivity contribution in [1.29, 1.82) is 0 Å². The van der Waals surface area contributed by atoms with E-state index in [9.17, 15) is 12.8 Å². The summed E-state index contributed by atoms with van der Waals surface area (Å²) in [6.07, 6.45) is 0. The predicted molar refractivity (Wildman–Crippen MR) is 82.5 cm³/mol. The van der Waals surface area contributed by atoms with Crippen LogP contribution in [0.2, 0.25) is 0 Å². The number of rotatable bonds is 5. The highest BCUT2D eigenvalue weighted by atomic mass is 79.9. The van der Waals surface area contributed by atoms with E-state index in [1.807, 2.05) is 6.07 Å². The van der Waals surface area contributed by atoms with Crippen LogP contribution in [0, 0.1) is 5.82 Å². The van der Waals surface area contributed by atoms with Crippen LogP contribution in [0.15, 0.2) is 51.8 Å². The first kappa shape index (κ1) is 16.1. The molecule has 0 amide bonds. The highest BCUT2D eigenvalue weighted by molar-refractivity contribution is 9.10. The van der Waals surface area contributed by atoms with Crippen molar-refractivity contribution in [2.45, 2.75) is 18.0 Å². The molecule has 2 aromatic carbocycles. The lowest BCUT2D eigenvalue weighted by Crippen LogP contribution is -2.24. The summed E-state index contributed by atoms with van der Waals surface area (Å²) in [6.45, 7) is 0.211. The van der Waals surface area contributed by atoms with Gasteiger partial charge in [0.15, 0.2) is 0 Å². The zero-order valence-electron chi connectivity index (χ0n) is 11.0. The Labute approximate surface area is 131 Å². The van der Waals surface area contributed by atoms with Gasteiger partial charge in [-0.2, -0.15) is 0 Å². The van der Waals surface area contributed by atoms with Crippen LogP contribution in [0.5, 0.6) is 0 Å². The number of sulfonamides is 1. The molecule has 0 radical (unpaired) electrons. The molecule has 21 heavy (non-hydrogen) atoms. The molecule has 0 saturated heterocycles. The zero-order chi connectivity index (χ0) is 15.5. The number of nitrogens with one attached hydrogen (secondary N) is 1. The molecule has 0 fully saturated rings. The van der Waals surface area contributed by atoms with Gasteiger partial charge in [-0.1, -0.05) is 40.2 Å². The van der Waals surface area contributed by atoms with Crippen LogP contribution in [0.3, 0.4) is 0 Å². The number of halogens is 2. The minimum absolute atomic E-state index is 0.0655. The van der Waals surface area contributed by atoms with Crippen molar-refractivity contribution in [1.82, 2.24) is 4.72 Å². The van der Waals surface area contributed by atoms with Crippen molar-refractivity contribution >= 4 is 26.0 Å². The molecule has 7 heteroatoms. The molecule has 0 spiro atoms. The minimum Gasteiger partial charge on any atom is -0.326 e. The maximum atomic E-state index is 13.7. The number of benzene rings is 2. The zero-order valence-corrected chi connectivity index (χ0v) is 13.4. The van der Waals surface area contributed by atoms with Crippen molar-refractivity contribution in [3.8, 4) is 0 Å². The van der Waals surface area contributed by atoms with Crippen LogP contribution < -0.4 is 10.5 Å². The van der Waals surface area contributed by atoms with Crippen LogP contribution in [0.1, 0.15) is 11.1 Å². The lowest BCUT2D eigenvalue weighted by molar-refractivity contribution is 0.556. The fraction of sp³-hybridized carbons (Fsp3) is 0.143. The van der Waals surface area contributed by atoms with Gasteiger partial charge in [0.1, 0.15) is 10.7 Å². The van der Waals surface area contributed by atoms with Crippen LogP contribution in [-0.2, 0) is 23.1 Å². The first-order chi connectivity index (χ1) is 9.94. The fourth-order valence-electron chi connectivity index (χ4n) is 1.77. The summed E-state index contributed by atoms with van der Waals surface area (Å²) in [6, 6.07) is 11.0. The Kier molecular flexibility index (Phi) is 5.10. The molecular formula is C14H14BrFN2O2S. The summed E-state index contributed by atoms with van der Waals surface area (Å²) in [7, 11) is -3.94. The van der Waals surface area contributed by atoms with Gasteiger partial charge in [-0.15, -0.1) is 0 Å². The molecule has 0 aliphatic rings. The van der Waals surface area contributed by atoms with Gasteiger partial charge in [0.05, 0.1) is 0 Å². The van der Waals surface area contributed by atoms with Crippen molar-refractivity contribution in [3.63, 3.8) is 0 Å². The highest BCUT2D eigenvalue weighted by Gasteiger charge is 2.19. The molecule has 2 rings (SSSR count). The summed E-state index contributed by atoms with van der Waals surface area (Å²) in [5.74, 6) is -0.799. The standard InChI is InChI=1S/C14H14BrFN2O2S/c15-12-4-2-1-3-11(12)9-18-21(19,20)14-7-10(8-17)5-6-13(14)16/h1-7,18H,8-9,17H2. The smallest absolute Gasteiger partial charge is 0.243 e. The topological polar surface area (TPSA) is 72.2 Å². The normalized spacial score (nSPS) is 11.6. The molecule has 0 atom stereocenters. The van der Waals surface area contributed by atoms with Gasteiger partial charge in [0, 0.05) is 17.6 Å². The summed E-state index contributed by atoms with van der Waals surface area (Å²) in [5, 5.41) is 0. The summed E-state index contributed by atoms with van der Waals surface area (Å²) in [5.41, 5.74) is 6.77. The Hall–Kier alpha value is -1.28. The Morgan fingerprint density at radius 2 is 1.90 bits per heavy atom. The molecule has 0 bridgehead atoms. The minimum atomic E-state index is -3.94. The Morgan fingerprint density at radius 1 is 1.19 bits per heavy atom. The average molecular weight is 373 g/mol. The first-order valence-corrected chi connectivity index (χ1v) is 8.43. The second kappa shape index (κ2) is 6.65. The fourth-order valence-corrected chi connectivity index (χ4v) is 3.33. The number of hydrogen-bond acceptors (Lipinski definition) is 3. The van der Waals surface area contributed by atoms with E-state index in [1.54, 1.807) is 18.2 Å². The molecule has 0 aliphatic carbocycles. The third kappa shape index (κ3) is 3.88. The SMILES string of the molecule is NCc1ccc(F)c(S(=O)(=O)NCc2ccccc2Br)c1. The molecule has 4 nitrogen and oxygen atoms in total. The Balaban J connectivity index is 2.25. The number of hydrogen-bond donors (Lipinski definition) is 2. The van der Waals surface area contributed by atoms with Crippen LogP contribution in [0.4, 0.5) is 4.39 Å². The molecular weight excluding hydrogens is 359 g/mol. The van der Waals surface area contributed by atoms with Gasteiger partial charge in [-0.05, 0) is 29.3 Å². The second-order valence-electron chi connectivity index (χ2n) is 4.38. The Morgan fingerprint density at radius 3 is 2.57 bits per heavy atom. The van der Waals surface area contributed by atoms with Crippen molar-refractivity contribution in [3.05, 3.63) is 63.9 Å². The van der Waals surface area contributed by atoms with Gasteiger partial charge in [0.2, 0.25) is 10.0 Å². The summed E-state index contributed by atoms with van der Waals surface area (Å²) >= 11 is 3.33. The Bertz CT molecular complexity index is 750. The van der Waals surface area contributed by atoms with Gasteiger partial charge in [0.25, 0.3) is 0 Å². The largest absolute Gasteiger partial charge is 0.326 e. The maximum absolute atomic E-state index is 13.7. The van der Waals surface area contributed by atoms with Gasteiger partial charge in [-0.25, -0.2) is 17.5 Å². The molecule has 0 aliphatic heterocycles. The molecule has 0 unspecified atom stereocenters. The second-order valence-corrected chi connectivity index (χ2v) is 6.97. The van der Waals surface area contributed by atoms with E-state index in [2.05, 4.69) is 20.7 Å². The van der Waals surface area contributed by atoms with E-state index in [4.69, 9.17) is 5.73 Å². The van der Waals surface area contributed by atoms with Crippen LogP contribution in [-0.4, -0.2) is 8.42 Å². The quantitative estimate of drug-likeness (QED) is 0.846. The third-order valence-electron chi connectivity index (χ3n) is 2.93. The molecule has 0 aromatic heterocycles. The maximum Gasteiger partial charge on any atom is 0.243 e. The van der Waals surface area contributed by atoms with E-state index < -0.39 is 20.7 Å². The molecule has 2 aromatic rings. The van der Waals surface area contributed by atoms with Crippen molar-refractivity contribution in [2.75, 3.05) is 0 Å². The molecule has 0 heterocycles.